The molecule has 0 N–H and O–H groups in total. The van der Waals surface area contributed by atoms with Crippen molar-refractivity contribution in [3.05, 3.63) is 20.6 Å². The highest BCUT2D eigenvalue weighted by Gasteiger charge is 2.11. The van der Waals surface area contributed by atoms with Gasteiger partial charge in [0.15, 0.2) is 0 Å². The molecule has 1 aromatic heterocycles. The van der Waals surface area contributed by atoms with E-state index >= 15 is 0 Å². The third-order valence-electron chi connectivity index (χ3n) is 1.69. The van der Waals surface area contributed by atoms with Crippen molar-refractivity contribution in [2.24, 2.45) is 0 Å². The van der Waals surface area contributed by atoms with E-state index in [2.05, 4.69) is 25.9 Å². The molecule has 1 atom stereocenters. The Morgan fingerprint density at radius 1 is 1.36 bits per heavy atom. The van der Waals surface area contributed by atoms with Crippen LogP contribution in [0.25, 0.3) is 0 Å². The zero-order chi connectivity index (χ0) is 10.7. The van der Waals surface area contributed by atoms with Crippen LogP contribution in [-0.2, 0) is 11.2 Å². The van der Waals surface area contributed by atoms with Crippen molar-refractivity contribution in [3.8, 4) is 0 Å². The quantitative estimate of drug-likeness (QED) is 0.804. The molecule has 6 heteroatoms. The average molecular weight is 300 g/mol. The van der Waals surface area contributed by atoms with Crippen LogP contribution < -0.4 is 0 Å². The summed E-state index contributed by atoms with van der Waals surface area (Å²) in [5.41, 5.74) is 0. The summed E-state index contributed by atoms with van der Waals surface area (Å²) in [6.45, 7) is 1.92. The van der Waals surface area contributed by atoms with E-state index in [1.807, 2.05) is 6.92 Å². The second-order valence-corrected chi connectivity index (χ2v) is 4.29. The predicted octanol–water partition coefficient (Wildman–Crippen LogP) is 3.12. The Morgan fingerprint density at radius 3 is 2.29 bits per heavy atom. The molecule has 0 amide bonds. The summed E-state index contributed by atoms with van der Waals surface area (Å²) < 4.78 is 5.61. The Bertz CT molecular complexity index is 312. The Morgan fingerprint density at radius 2 is 1.86 bits per heavy atom. The van der Waals surface area contributed by atoms with Crippen molar-refractivity contribution < 1.29 is 4.74 Å². The van der Waals surface area contributed by atoms with E-state index < -0.39 is 0 Å². The van der Waals surface area contributed by atoms with E-state index in [9.17, 15) is 0 Å². The molecule has 0 bridgehead atoms. The molecule has 3 nitrogen and oxygen atoms in total. The van der Waals surface area contributed by atoms with Gasteiger partial charge in [0.2, 0.25) is 0 Å². The molecule has 1 heterocycles. The zero-order valence-corrected chi connectivity index (χ0v) is 10.8. The van der Waals surface area contributed by atoms with Gasteiger partial charge in [-0.1, -0.05) is 23.2 Å². The van der Waals surface area contributed by atoms with Gasteiger partial charge in [0.05, 0.1) is 10.6 Å². The number of methoxy groups -OCH3 is 1. The predicted molar refractivity (Wildman–Crippen MR) is 59.9 cm³/mol. The average Bonchev–Trinajstić information content (AvgIpc) is 2.14. The summed E-state index contributed by atoms with van der Waals surface area (Å²) in [5.74, 6) is 0.581. The molecule has 1 aromatic rings. The maximum atomic E-state index is 5.82. The highest BCUT2D eigenvalue weighted by molar-refractivity contribution is 9.10. The number of hydrogen-bond donors (Lipinski definition) is 0. The molecular weight excluding hydrogens is 291 g/mol. The molecule has 0 aliphatic carbocycles. The first-order chi connectivity index (χ1) is 6.54. The number of hydrogen-bond acceptors (Lipinski definition) is 3. The SMILES string of the molecule is COC(C)Cc1nc(Cl)c(Br)c(Cl)n1. The fourth-order valence-corrected chi connectivity index (χ4v) is 1.47. The van der Waals surface area contributed by atoms with Crippen LogP contribution in [0.1, 0.15) is 12.7 Å². The summed E-state index contributed by atoms with van der Waals surface area (Å²) in [4.78, 5) is 8.13. The number of rotatable bonds is 3. The van der Waals surface area contributed by atoms with Crippen molar-refractivity contribution in [2.75, 3.05) is 7.11 Å². The largest absolute Gasteiger partial charge is 0.381 e. The molecule has 0 radical (unpaired) electrons. The van der Waals surface area contributed by atoms with Crippen LogP contribution in [-0.4, -0.2) is 23.2 Å². The first kappa shape index (κ1) is 12.2. The Hall–Kier alpha value is 0.1000. The van der Waals surface area contributed by atoms with E-state index in [-0.39, 0.29) is 6.10 Å². The van der Waals surface area contributed by atoms with E-state index in [0.29, 0.717) is 27.0 Å². The van der Waals surface area contributed by atoms with Crippen LogP contribution in [0.3, 0.4) is 0 Å². The van der Waals surface area contributed by atoms with E-state index in [1.165, 1.54) is 0 Å². The van der Waals surface area contributed by atoms with Crippen molar-refractivity contribution in [1.82, 2.24) is 9.97 Å². The monoisotopic (exact) mass is 298 g/mol. The smallest absolute Gasteiger partial charge is 0.148 e. The lowest BCUT2D eigenvalue weighted by Gasteiger charge is -2.08. The standard InChI is InChI=1S/C8H9BrCl2N2O/c1-4(14-2)3-5-12-7(10)6(9)8(11)13-5/h4H,3H2,1-2H3. The third kappa shape index (κ3) is 3.05. The van der Waals surface area contributed by atoms with Gasteiger partial charge >= 0.3 is 0 Å². The summed E-state index contributed by atoms with van der Waals surface area (Å²) in [6.07, 6.45) is 0.631. The normalized spacial score (nSPS) is 12.9. The minimum atomic E-state index is 0.0447. The first-order valence-electron chi connectivity index (χ1n) is 3.94. The summed E-state index contributed by atoms with van der Waals surface area (Å²) in [7, 11) is 1.63. The van der Waals surface area contributed by atoms with E-state index in [4.69, 9.17) is 27.9 Å². The molecule has 1 rings (SSSR count). The maximum Gasteiger partial charge on any atom is 0.148 e. The molecule has 1 unspecified atom stereocenters. The minimum absolute atomic E-state index is 0.0447. The molecule has 0 aliphatic rings. The number of nitrogens with zero attached hydrogens (tertiary/aromatic N) is 2. The molecule has 0 aliphatic heterocycles. The molecule has 14 heavy (non-hydrogen) atoms. The van der Waals surface area contributed by atoms with Crippen molar-refractivity contribution in [2.45, 2.75) is 19.4 Å². The molecule has 0 aromatic carbocycles. The number of aromatic nitrogens is 2. The van der Waals surface area contributed by atoms with Crippen LogP contribution >= 0.6 is 39.1 Å². The van der Waals surface area contributed by atoms with Crippen molar-refractivity contribution in [3.63, 3.8) is 0 Å². The fourth-order valence-electron chi connectivity index (χ4n) is 0.867. The van der Waals surface area contributed by atoms with Gasteiger partial charge in [0.25, 0.3) is 0 Å². The molecule has 0 fully saturated rings. The zero-order valence-electron chi connectivity index (χ0n) is 7.72. The first-order valence-corrected chi connectivity index (χ1v) is 5.49. The minimum Gasteiger partial charge on any atom is -0.381 e. The van der Waals surface area contributed by atoms with Crippen LogP contribution in [0, 0.1) is 0 Å². The van der Waals surface area contributed by atoms with E-state index in [1.54, 1.807) is 7.11 Å². The Labute approximate surface area is 101 Å². The third-order valence-corrected chi connectivity index (χ3v) is 3.44. The molecule has 0 saturated heterocycles. The van der Waals surface area contributed by atoms with Crippen molar-refractivity contribution in [1.29, 1.82) is 0 Å². The Kier molecular flexibility index (Phi) is 4.57. The van der Waals surface area contributed by atoms with Gasteiger partial charge in [-0.25, -0.2) is 9.97 Å². The van der Waals surface area contributed by atoms with Gasteiger partial charge in [0.1, 0.15) is 16.1 Å². The highest BCUT2D eigenvalue weighted by atomic mass is 79.9. The molecular formula is C8H9BrCl2N2O. The molecule has 0 spiro atoms. The topological polar surface area (TPSA) is 35.0 Å². The van der Waals surface area contributed by atoms with Gasteiger partial charge in [-0.2, -0.15) is 0 Å². The van der Waals surface area contributed by atoms with Gasteiger partial charge < -0.3 is 4.74 Å². The lowest BCUT2D eigenvalue weighted by atomic mass is 10.3. The van der Waals surface area contributed by atoms with Gasteiger partial charge in [-0.05, 0) is 22.9 Å². The lowest BCUT2D eigenvalue weighted by Crippen LogP contribution is -2.11. The van der Waals surface area contributed by atoms with Gasteiger partial charge in [-0.15, -0.1) is 0 Å². The van der Waals surface area contributed by atoms with Gasteiger partial charge in [0, 0.05) is 13.5 Å². The van der Waals surface area contributed by atoms with E-state index in [0.717, 1.165) is 0 Å². The van der Waals surface area contributed by atoms with Crippen LogP contribution in [0.2, 0.25) is 10.3 Å². The summed E-state index contributed by atoms with van der Waals surface area (Å²) >= 11 is 14.8. The number of ether oxygens (including phenoxy) is 1. The molecule has 0 saturated carbocycles. The molecule has 78 valence electrons. The maximum absolute atomic E-state index is 5.82. The summed E-state index contributed by atoms with van der Waals surface area (Å²) in [5, 5.41) is 0.645. The fraction of sp³-hybridized carbons (Fsp3) is 0.500. The second kappa shape index (κ2) is 5.26. The lowest BCUT2D eigenvalue weighted by molar-refractivity contribution is 0.117. The van der Waals surface area contributed by atoms with Crippen LogP contribution in [0.5, 0.6) is 0 Å². The Balaban J connectivity index is 2.89. The van der Waals surface area contributed by atoms with Gasteiger partial charge in [-0.3, -0.25) is 0 Å². The highest BCUT2D eigenvalue weighted by Crippen LogP contribution is 2.27. The number of halogens is 3. The summed E-state index contributed by atoms with van der Waals surface area (Å²) in [6, 6.07) is 0. The second-order valence-electron chi connectivity index (χ2n) is 2.79. The van der Waals surface area contributed by atoms with Crippen LogP contribution in [0.15, 0.2) is 4.47 Å². The van der Waals surface area contributed by atoms with Crippen molar-refractivity contribution >= 4 is 39.1 Å². The van der Waals surface area contributed by atoms with Crippen LogP contribution in [0.4, 0.5) is 0 Å².